The minimum Gasteiger partial charge on any atom is -0.494 e. The molecule has 0 unspecified atom stereocenters. The number of hydrogen-bond donors (Lipinski definition) is 3. The summed E-state index contributed by atoms with van der Waals surface area (Å²) in [5.41, 5.74) is 1.42. The molecule has 0 amide bonds. The van der Waals surface area contributed by atoms with Crippen LogP contribution in [-0.4, -0.2) is 35.4 Å². The standard InChI is InChI=1S/C22H23N3O5/c1-29-16-10-14-8-9-23-19(15(14)11-17(16)30-2)18-20(26)24-22(28)25(21(18)27)12-13-6-4-3-5-7-13/h3-7,10-11,19,23,27H,8-9,12H2,1-2H3,(H,24,26,28)/t19-/m0/s1. The van der Waals surface area contributed by atoms with Gasteiger partial charge in [-0.1, -0.05) is 30.3 Å². The van der Waals surface area contributed by atoms with Crippen LogP contribution in [0.1, 0.15) is 28.3 Å². The fourth-order valence-corrected chi connectivity index (χ4v) is 3.89. The van der Waals surface area contributed by atoms with E-state index in [1.165, 1.54) is 4.57 Å². The van der Waals surface area contributed by atoms with Crippen molar-refractivity contribution in [2.75, 3.05) is 20.8 Å². The van der Waals surface area contributed by atoms with Crippen molar-refractivity contribution in [1.29, 1.82) is 0 Å². The molecular weight excluding hydrogens is 386 g/mol. The van der Waals surface area contributed by atoms with Gasteiger partial charge in [0.2, 0.25) is 5.88 Å². The number of methoxy groups -OCH3 is 2. The third-order valence-corrected chi connectivity index (χ3v) is 5.38. The Kier molecular flexibility index (Phi) is 5.33. The summed E-state index contributed by atoms with van der Waals surface area (Å²) < 4.78 is 12.0. The van der Waals surface area contributed by atoms with Crippen molar-refractivity contribution >= 4 is 0 Å². The van der Waals surface area contributed by atoms with Crippen molar-refractivity contribution in [3.05, 3.63) is 85.6 Å². The lowest BCUT2D eigenvalue weighted by Crippen LogP contribution is -2.39. The summed E-state index contributed by atoms with van der Waals surface area (Å²) in [5, 5.41) is 14.2. The van der Waals surface area contributed by atoms with Crippen LogP contribution in [0.3, 0.4) is 0 Å². The van der Waals surface area contributed by atoms with Gasteiger partial charge in [0.05, 0.1) is 32.4 Å². The van der Waals surface area contributed by atoms with Crippen LogP contribution < -0.4 is 26.0 Å². The van der Waals surface area contributed by atoms with Gasteiger partial charge < -0.3 is 19.9 Å². The van der Waals surface area contributed by atoms with Gasteiger partial charge in [-0.05, 0) is 35.2 Å². The fraction of sp³-hybridized carbons (Fsp3) is 0.273. The van der Waals surface area contributed by atoms with Crippen LogP contribution in [-0.2, 0) is 13.0 Å². The molecule has 0 radical (unpaired) electrons. The maximum Gasteiger partial charge on any atom is 0.331 e. The average Bonchev–Trinajstić information content (AvgIpc) is 2.76. The zero-order valence-corrected chi connectivity index (χ0v) is 16.8. The molecule has 3 N–H and O–H groups in total. The summed E-state index contributed by atoms with van der Waals surface area (Å²) >= 11 is 0. The Morgan fingerprint density at radius 1 is 1.10 bits per heavy atom. The maximum atomic E-state index is 12.7. The largest absolute Gasteiger partial charge is 0.494 e. The van der Waals surface area contributed by atoms with Crippen molar-refractivity contribution in [2.24, 2.45) is 0 Å². The molecule has 0 aliphatic carbocycles. The van der Waals surface area contributed by atoms with Gasteiger partial charge in [-0.15, -0.1) is 0 Å². The first-order valence-corrected chi connectivity index (χ1v) is 9.61. The molecular formula is C22H23N3O5. The highest BCUT2D eigenvalue weighted by Crippen LogP contribution is 2.38. The van der Waals surface area contributed by atoms with Crippen LogP contribution in [0.5, 0.6) is 17.4 Å². The molecule has 1 aromatic heterocycles. The normalized spacial score (nSPS) is 15.5. The van der Waals surface area contributed by atoms with Crippen molar-refractivity contribution in [3.8, 4) is 17.4 Å². The van der Waals surface area contributed by atoms with E-state index in [9.17, 15) is 14.7 Å². The highest BCUT2D eigenvalue weighted by molar-refractivity contribution is 5.52. The smallest absolute Gasteiger partial charge is 0.331 e. The number of rotatable bonds is 5. The Hall–Kier alpha value is -3.52. The van der Waals surface area contributed by atoms with Crippen LogP contribution in [0, 0.1) is 0 Å². The number of nitrogens with zero attached hydrogens (tertiary/aromatic N) is 1. The third kappa shape index (κ3) is 3.46. The molecule has 3 aromatic rings. The van der Waals surface area contributed by atoms with E-state index in [0.29, 0.717) is 18.0 Å². The number of ether oxygens (including phenoxy) is 2. The molecule has 0 fully saturated rings. The van der Waals surface area contributed by atoms with Crippen LogP contribution in [0.4, 0.5) is 0 Å². The van der Waals surface area contributed by atoms with Gasteiger partial charge in [0.25, 0.3) is 5.56 Å². The zero-order chi connectivity index (χ0) is 21.3. The summed E-state index contributed by atoms with van der Waals surface area (Å²) in [4.78, 5) is 27.5. The van der Waals surface area contributed by atoms with Gasteiger partial charge in [0.1, 0.15) is 0 Å². The second kappa shape index (κ2) is 8.08. The van der Waals surface area contributed by atoms with Gasteiger partial charge in [-0.2, -0.15) is 0 Å². The zero-order valence-electron chi connectivity index (χ0n) is 16.8. The number of hydrogen-bond acceptors (Lipinski definition) is 6. The summed E-state index contributed by atoms with van der Waals surface area (Å²) in [6.45, 7) is 0.741. The van der Waals surface area contributed by atoms with E-state index in [-0.39, 0.29) is 18.0 Å². The molecule has 0 saturated heterocycles. The number of H-pyrrole nitrogens is 1. The molecule has 0 saturated carbocycles. The summed E-state index contributed by atoms with van der Waals surface area (Å²) in [6, 6.07) is 12.4. The number of aromatic nitrogens is 2. The topological polar surface area (TPSA) is 106 Å². The quantitative estimate of drug-likeness (QED) is 0.590. The first kappa shape index (κ1) is 19.8. The molecule has 156 valence electrons. The van der Waals surface area contributed by atoms with Gasteiger partial charge >= 0.3 is 5.69 Å². The number of nitrogens with one attached hydrogen (secondary N) is 2. The SMILES string of the molecule is COc1cc2c(cc1OC)[C@@H](c1c(O)n(Cc3ccccc3)c(=O)[nH]c1=O)NCC2. The highest BCUT2D eigenvalue weighted by Gasteiger charge is 2.30. The van der Waals surface area contributed by atoms with Crippen molar-refractivity contribution in [3.63, 3.8) is 0 Å². The minimum atomic E-state index is -0.659. The molecule has 2 heterocycles. The Bertz CT molecular complexity index is 1180. The molecule has 1 atom stereocenters. The Morgan fingerprint density at radius 3 is 2.50 bits per heavy atom. The van der Waals surface area contributed by atoms with E-state index in [1.807, 2.05) is 36.4 Å². The van der Waals surface area contributed by atoms with E-state index >= 15 is 0 Å². The summed E-state index contributed by atoms with van der Waals surface area (Å²) in [7, 11) is 3.11. The third-order valence-electron chi connectivity index (χ3n) is 5.38. The molecule has 8 nitrogen and oxygen atoms in total. The summed E-state index contributed by atoms with van der Waals surface area (Å²) in [5.74, 6) is 0.773. The van der Waals surface area contributed by atoms with Crippen LogP contribution >= 0.6 is 0 Å². The maximum absolute atomic E-state index is 12.7. The van der Waals surface area contributed by atoms with Gasteiger partial charge in [0, 0.05) is 6.54 Å². The lowest BCUT2D eigenvalue weighted by Gasteiger charge is -2.28. The van der Waals surface area contributed by atoms with E-state index in [1.54, 1.807) is 20.3 Å². The first-order valence-electron chi connectivity index (χ1n) is 9.61. The predicted octanol–water partition coefficient (Wildman–Crippen LogP) is 1.54. The van der Waals surface area contributed by atoms with Crippen LogP contribution in [0.2, 0.25) is 0 Å². The number of fused-ring (bicyclic) bond motifs is 1. The van der Waals surface area contributed by atoms with E-state index in [0.717, 1.165) is 23.1 Å². The summed E-state index contributed by atoms with van der Waals surface area (Å²) in [6.07, 6.45) is 0.731. The first-order chi connectivity index (χ1) is 14.5. The average molecular weight is 409 g/mol. The number of aromatic amines is 1. The minimum absolute atomic E-state index is 0.0960. The van der Waals surface area contributed by atoms with Gasteiger partial charge in [-0.25, -0.2) is 4.79 Å². The lowest BCUT2D eigenvalue weighted by molar-refractivity contribution is 0.352. The van der Waals surface area contributed by atoms with Crippen molar-refractivity contribution < 1.29 is 14.6 Å². The van der Waals surface area contributed by atoms with E-state index < -0.39 is 17.3 Å². The van der Waals surface area contributed by atoms with Crippen molar-refractivity contribution in [1.82, 2.24) is 14.9 Å². The van der Waals surface area contributed by atoms with Crippen LogP contribution in [0.15, 0.2) is 52.1 Å². The Labute approximate surface area is 172 Å². The van der Waals surface area contributed by atoms with Crippen molar-refractivity contribution in [2.45, 2.75) is 19.0 Å². The van der Waals surface area contributed by atoms with Crippen LogP contribution in [0.25, 0.3) is 0 Å². The molecule has 4 rings (SSSR count). The Balaban J connectivity index is 1.85. The molecule has 8 heteroatoms. The molecule has 2 aromatic carbocycles. The molecule has 1 aliphatic rings. The van der Waals surface area contributed by atoms with Gasteiger partial charge in [0.15, 0.2) is 11.5 Å². The molecule has 1 aliphatic heterocycles. The second-order valence-corrected chi connectivity index (χ2v) is 7.11. The molecule has 0 spiro atoms. The number of benzene rings is 2. The lowest BCUT2D eigenvalue weighted by atomic mass is 9.90. The predicted molar refractivity (Wildman–Crippen MR) is 112 cm³/mol. The number of aromatic hydroxyl groups is 1. The fourth-order valence-electron chi connectivity index (χ4n) is 3.89. The van der Waals surface area contributed by atoms with E-state index in [4.69, 9.17) is 9.47 Å². The monoisotopic (exact) mass is 409 g/mol. The second-order valence-electron chi connectivity index (χ2n) is 7.11. The molecule has 30 heavy (non-hydrogen) atoms. The van der Waals surface area contributed by atoms with E-state index in [2.05, 4.69) is 10.3 Å². The highest BCUT2D eigenvalue weighted by atomic mass is 16.5. The van der Waals surface area contributed by atoms with Gasteiger partial charge in [-0.3, -0.25) is 14.3 Å². The Morgan fingerprint density at radius 2 is 1.80 bits per heavy atom. The molecule has 0 bridgehead atoms.